The molecule has 2 heterocycles. The summed E-state index contributed by atoms with van der Waals surface area (Å²) in [6.45, 7) is 1.25. The van der Waals surface area contributed by atoms with Crippen LogP contribution < -0.4 is 19.7 Å². The van der Waals surface area contributed by atoms with Gasteiger partial charge in [0.15, 0.2) is 6.61 Å². The van der Waals surface area contributed by atoms with Crippen molar-refractivity contribution in [3.05, 3.63) is 52.5 Å². The average molecular weight is 445 g/mol. The van der Waals surface area contributed by atoms with E-state index in [1.54, 1.807) is 17.0 Å². The molecule has 2 aromatic rings. The minimum Gasteiger partial charge on any atom is -0.493 e. The number of fused-ring (bicyclic) bond motifs is 1. The number of anilines is 1. The third-order valence-electron chi connectivity index (χ3n) is 4.94. The number of nitrogens with zero attached hydrogens (tertiary/aromatic N) is 1. The van der Waals surface area contributed by atoms with E-state index in [0.717, 1.165) is 34.4 Å². The molecule has 1 unspecified atom stereocenters. The average Bonchev–Trinajstić information content (AvgIpc) is 3.13. The summed E-state index contributed by atoms with van der Waals surface area (Å²) in [5, 5.41) is 3.02. The van der Waals surface area contributed by atoms with Gasteiger partial charge in [-0.2, -0.15) is 0 Å². The zero-order valence-electron chi connectivity index (χ0n) is 15.3. The van der Waals surface area contributed by atoms with Gasteiger partial charge < -0.3 is 19.7 Å². The van der Waals surface area contributed by atoms with Gasteiger partial charge in [0, 0.05) is 35.1 Å². The quantitative estimate of drug-likeness (QED) is 0.764. The first kappa shape index (κ1) is 18.8. The van der Waals surface area contributed by atoms with Crippen LogP contribution in [-0.4, -0.2) is 31.6 Å². The van der Waals surface area contributed by atoms with Crippen LogP contribution in [0, 0.1) is 0 Å². The lowest BCUT2D eigenvalue weighted by Crippen LogP contribution is -2.35. The van der Waals surface area contributed by atoms with Gasteiger partial charge in [-0.05, 0) is 48.9 Å². The maximum atomic E-state index is 12.4. The van der Waals surface area contributed by atoms with Crippen LogP contribution in [0.4, 0.5) is 5.69 Å². The molecule has 7 heteroatoms. The number of amides is 2. The molecule has 0 saturated carbocycles. The van der Waals surface area contributed by atoms with Crippen LogP contribution in [0.3, 0.4) is 0 Å². The Hall–Kier alpha value is -2.54. The highest BCUT2D eigenvalue weighted by atomic mass is 79.9. The first-order valence-corrected chi connectivity index (χ1v) is 10.1. The third-order valence-corrected chi connectivity index (χ3v) is 5.43. The first-order valence-electron chi connectivity index (χ1n) is 9.35. The standard InChI is InChI=1S/C21H21BrN2O4/c22-14-3-8-19-17(12-14)18(9-11-27-19)23-20(25)13-28-16-6-4-15(5-7-16)24-10-1-2-21(24)26/h3-8,12,18H,1-2,9-11,13H2,(H,23,25). The Labute approximate surface area is 171 Å². The van der Waals surface area contributed by atoms with E-state index < -0.39 is 0 Å². The van der Waals surface area contributed by atoms with Crippen molar-refractivity contribution in [3.8, 4) is 11.5 Å². The maximum Gasteiger partial charge on any atom is 0.258 e. The number of carbonyl (C=O) groups is 2. The highest BCUT2D eigenvalue weighted by Gasteiger charge is 2.24. The van der Waals surface area contributed by atoms with Crippen LogP contribution in [0.5, 0.6) is 11.5 Å². The summed E-state index contributed by atoms with van der Waals surface area (Å²) in [4.78, 5) is 25.9. The van der Waals surface area contributed by atoms with Gasteiger partial charge in [-0.1, -0.05) is 15.9 Å². The molecule has 2 aliphatic heterocycles. The molecule has 2 aliphatic rings. The summed E-state index contributed by atoms with van der Waals surface area (Å²) < 4.78 is 12.2. The van der Waals surface area contributed by atoms with E-state index in [1.165, 1.54) is 0 Å². The Morgan fingerprint density at radius 2 is 2.07 bits per heavy atom. The second-order valence-electron chi connectivity index (χ2n) is 6.87. The zero-order valence-corrected chi connectivity index (χ0v) is 16.9. The van der Waals surface area contributed by atoms with Crippen molar-refractivity contribution in [1.82, 2.24) is 5.32 Å². The summed E-state index contributed by atoms with van der Waals surface area (Å²) in [5.74, 6) is 1.36. The fraction of sp³-hybridized carbons (Fsp3) is 0.333. The molecule has 1 atom stereocenters. The summed E-state index contributed by atoms with van der Waals surface area (Å²) in [6, 6.07) is 13.0. The van der Waals surface area contributed by atoms with Gasteiger partial charge in [0.25, 0.3) is 5.91 Å². The zero-order chi connectivity index (χ0) is 19.5. The highest BCUT2D eigenvalue weighted by molar-refractivity contribution is 9.10. The van der Waals surface area contributed by atoms with Gasteiger partial charge in [-0.3, -0.25) is 9.59 Å². The van der Waals surface area contributed by atoms with Crippen molar-refractivity contribution >= 4 is 33.4 Å². The molecular formula is C21H21BrN2O4. The topological polar surface area (TPSA) is 67.9 Å². The van der Waals surface area contributed by atoms with Crippen LogP contribution in [0.1, 0.15) is 30.9 Å². The van der Waals surface area contributed by atoms with Crippen molar-refractivity contribution in [3.63, 3.8) is 0 Å². The lowest BCUT2D eigenvalue weighted by atomic mass is 10.0. The fourth-order valence-corrected chi connectivity index (χ4v) is 3.92. The predicted molar refractivity (Wildman–Crippen MR) is 109 cm³/mol. The minimum absolute atomic E-state index is 0.0668. The summed E-state index contributed by atoms with van der Waals surface area (Å²) in [7, 11) is 0. The van der Waals surface area contributed by atoms with Crippen LogP contribution in [0.25, 0.3) is 0 Å². The second-order valence-corrected chi connectivity index (χ2v) is 7.79. The Kier molecular flexibility index (Phi) is 5.52. The minimum atomic E-state index is -0.184. The summed E-state index contributed by atoms with van der Waals surface area (Å²) in [5.41, 5.74) is 1.83. The van der Waals surface area contributed by atoms with Gasteiger partial charge in [0.1, 0.15) is 11.5 Å². The molecule has 2 amide bonds. The summed E-state index contributed by atoms with van der Waals surface area (Å²) >= 11 is 3.46. The monoisotopic (exact) mass is 444 g/mol. The molecular weight excluding hydrogens is 424 g/mol. The van der Waals surface area contributed by atoms with Gasteiger partial charge in [-0.25, -0.2) is 0 Å². The number of hydrogen-bond acceptors (Lipinski definition) is 4. The number of halogens is 1. The SMILES string of the molecule is O=C(COc1ccc(N2CCCC2=O)cc1)NC1CCOc2ccc(Br)cc21. The van der Waals surface area contributed by atoms with Crippen molar-refractivity contribution in [2.45, 2.75) is 25.3 Å². The number of benzene rings is 2. The van der Waals surface area contributed by atoms with E-state index in [1.807, 2.05) is 30.3 Å². The Morgan fingerprint density at radius 1 is 1.25 bits per heavy atom. The van der Waals surface area contributed by atoms with E-state index in [2.05, 4.69) is 21.2 Å². The van der Waals surface area contributed by atoms with Crippen LogP contribution in [0.15, 0.2) is 46.9 Å². The van der Waals surface area contributed by atoms with E-state index in [9.17, 15) is 9.59 Å². The molecule has 1 N–H and O–H groups in total. The molecule has 0 radical (unpaired) electrons. The van der Waals surface area contributed by atoms with Crippen molar-refractivity contribution in [2.75, 3.05) is 24.7 Å². The molecule has 0 spiro atoms. The van der Waals surface area contributed by atoms with Gasteiger partial charge in [0.2, 0.25) is 5.91 Å². The second kappa shape index (κ2) is 8.22. The fourth-order valence-electron chi connectivity index (χ4n) is 3.54. The number of rotatable bonds is 5. The van der Waals surface area contributed by atoms with Gasteiger partial charge in [-0.15, -0.1) is 0 Å². The van der Waals surface area contributed by atoms with Crippen molar-refractivity contribution in [2.24, 2.45) is 0 Å². The van der Waals surface area contributed by atoms with Crippen molar-refractivity contribution in [1.29, 1.82) is 0 Å². The molecule has 1 saturated heterocycles. The lowest BCUT2D eigenvalue weighted by molar-refractivity contribution is -0.124. The molecule has 0 bridgehead atoms. The van der Waals surface area contributed by atoms with Gasteiger partial charge in [0.05, 0.1) is 12.6 Å². The maximum absolute atomic E-state index is 12.4. The summed E-state index contributed by atoms with van der Waals surface area (Å²) in [6.07, 6.45) is 2.21. The Bertz CT molecular complexity index is 884. The van der Waals surface area contributed by atoms with Crippen molar-refractivity contribution < 1.29 is 19.1 Å². The highest BCUT2D eigenvalue weighted by Crippen LogP contribution is 2.34. The van der Waals surface area contributed by atoms with E-state index in [-0.39, 0.29) is 24.5 Å². The first-order chi connectivity index (χ1) is 13.6. The Morgan fingerprint density at radius 3 is 2.82 bits per heavy atom. The van der Waals surface area contributed by atoms with E-state index in [4.69, 9.17) is 9.47 Å². The molecule has 146 valence electrons. The molecule has 0 aliphatic carbocycles. The lowest BCUT2D eigenvalue weighted by Gasteiger charge is -2.27. The molecule has 0 aromatic heterocycles. The number of hydrogen-bond donors (Lipinski definition) is 1. The smallest absolute Gasteiger partial charge is 0.258 e. The normalized spacial score (nSPS) is 18.4. The van der Waals surface area contributed by atoms with E-state index in [0.29, 0.717) is 25.2 Å². The van der Waals surface area contributed by atoms with Gasteiger partial charge >= 0.3 is 0 Å². The van der Waals surface area contributed by atoms with Crippen LogP contribution in [0.2, 0.25) is 0 Å². The molecule has 6 nitrogen and oxygen atoms in total. The van der Waals surface area contributed by atoms with Crippen LogP contribution in [-0.2, 0) is 9.59 Å². The van der Waals surface area contributed by atoms with Crippen LogP contribution >= 0.6 is 15.9 Å². The molecule has 2 aromatic carbocycles. The molecule has 1 fully saturated rings. The number of nitrogens with one attached hydrogen (secondary N) is 1. The number of carbonyl (C=O) groups excluding carboxylic acids is 2. The third kappa shape index (κ3) is 4.14. The predicted octanol–water partition coefficient (Wildman–Crippen LogP) is 3.59. The molecule has 4 rings (SSSR count). The number of ether oxygens (including phenoxy) is 2. The van der Waals surface area contributed by atoms with E-state index >= 15 is 0 Å². The Balaban J connectivity index is 1.33. The molecule has 28 heavy (non-hydrogen) atoms. The largest absolute Gasteiger partial charge is 0.493 e.